The molecule has 1 saturated carbocycles. The number of nitrogens with zero attached hydrogens (tertiary/aromatic N) is 1. The summed E-state index contributed by atoms with van der Waals surface area (Å²) < 4.78 is 6.58. The molecule has 1 aliphatic carbocycles. The molecule has 0 radical (unpaired) electrons. The maximum Gasteiger partial charge on any atom is 0.266 e. The van der Waals surface area contributed by atoms with E-state index in [9.17, 15) is 4.79 Å². The van der Waals surface area contributed by atoms with Gasteiger partial charge in [0.15, 0.2) is 0 Å². The number of amides is 1. The Bertz CT molecular complexity index is 936. The summed E-state index contributed by atoms with van der Waals surface area (Å²) in [6.07, 6.45) is 7.62. The molecule has 150 valence electrons. The molecule has 29 heavy (non-hydrogen) atoms. The molecule has 2 aromatic carbocycles. The molecular formula is C23H22ClNO2S2. The zero-order valence-electron chi connectivity index (χ0n) is 16.0. The average Bonchev–Trinajstić information content (AvgIpc) is 3.01. The van der Waals surface area contributed by atoms with Crippen LogP contribution in [0.2, 0.25) is 5.02 Å². The van der Waals surface area contributed by atoms with Crippen LogP contribution in [0.25, 0.3) is 6.08 Å². The summed E-state index contributed by atoms with van der Waals surface area (Å²) in [6.45, 7) is 0.463. The Morgan fingerprint density at radius 1 is 1.14 bits per heavy atom. The Balaban J connectivity index is 1.45. The van der Waals surface area contributed by atoms with Gasteiger partial charge in [0.25, 0.3) is 5.91 Å². The number of rotatable bonds is 5. The molecule has 1 heterocycles. The number of hydrogen-bond donors (Lipinski definition) is 0. The summed E-state index contributed by atoms with van der Waals surface area (Å²) in [5.74, 6) is 0.802. The first-order chi connectivity index (χ1) is 14.1. The predicted octanol–water partition coefficient (Wildman–Crippen LogP) is 6.45. The summed E-state index contributed by atoms with van der Waals surface area (Å²) >= 11 is 12.8. The number of ether oxygens (including phenoxy) is 1. The highest BCUT2D eigenvalue weighted by Gasteiger charge is 2.37. The van der Waals surface area contributed by atoms with Crippen LogP contribution in [0.4, 0.5) is 0 Å². The number of carbonyl (C=O) groups excluding carboxylic acids is 1. The van der Waals surface area contributed by atoms with Crippen LogP contribution in [-0.2, 0) is 11.4 Å². The molecular weight excluding hydrogens is 422 g/mol. The maximum absolute atomic E-state index is 12.9. The summed E-state index contributed by atoms with van der Waals surface area (Å²) in [6, 6.07) is 15.6. The second-order valence-electron chi connectivity index (χ2n) is 7.33. The zero-order chi connectivity index (χ0) is 20.2. The van der Waals surface area contributed by atoms with Crippen LogP contribution >= 0.6 is 35.6 Å². The Morgan fingerprint density at radius 2 is 1.90 bits per heavy atom. The Hall–Kier alpha value is -1.82. The third-order valence-corrected chi connectivity index (χ3v) is 6.82. The van der Waals surface area contributed by atoms with E-state index in [1.54, 1.807) is 0 Å². The van der Waals surface area contributed by atoms with Crippen LogP contribution in [0.5, 0.6) is 5.75 Å². The van der Waals surface area contributed by atoms with Crippen LogP contribution in [0.15, 0.2) is 53.4 Å². The van der Waals surface area contributed by atoms with Crippen molar-refractivity contribution in [2.24, 2.45) is 0 Å². The summed E-state index contributed by atoms with van der Waals surface area (Å²) in [5, 5.41) is 0.710. The van der Waals surface area contributed by atoms with E-state index in [1.807, 2.05) is 59.5 Å². The first kappa shape index (κ1) is 20.5. The Morgan fingerprint density at radius 3 is 2.66 bits per heavy atom. The second kappa shape index (κ2) is 9.33. The number of thioether (sulfide) groups is 1. The minimum atomic E-state index is 0.0411. The van der Waals surface area contributed by atoms with E-state index in [0.717, 1.165) is 29.7 Å². The predicted molar refractivity (Wildman–Crippen MR) is 124 cm³/mol. The van der Waals surface area contributed by atoms with Gasteiger partial charge in [-0.3, -0.25) is 9.69 Å². The van der Waals surface area contributed by atoms with Gasteiger partial charge in [-0.1, -0.05) is 79.1 Å². The van der Waals surface area contributed by atoms with E-state index < -0.39 is 0 Å². The van der Waals surface area contributed by atoms with Gasteiger partial charge in [-0.2, -0.15) is 0 Å². The van der Waals surface area contributed by atoms with Crippen LogP contribution < -0.4 is 4.74 Å². The van der Waals surface area contributed by atoms with Crippen molar-refractivity contribution in [1.29, 1.82) is 0 Å². The molecule has 2 aromatic rings. The number of halogens is 1. The van der Waals surface area contributed by atoms with Gasteiger partial charge in [-0.05, 0) is 54.3 Å². The van der Waals surface area contributed by atoms with E-state index in [1.165, 1.54) is 31.0 Å². The van der Waals surface area contributed by atoms with E-state index in [4.69, 9.17) is 28.6 Å². The van der Waals surface area contributed by atoms with Gasteiger partial charge in [-0.25, -0.2) is 0 Å². The molecule has 6 heteroatoms. The molecule has 1 saturated heterocycles. The van der Waals surface area contributed by atoms with Gasteiger partial charge in [0, 0.05) is 11.1 Å². The highest BCUT2D eigenvalue weighted by molar-refractivity contribution is 8.26. The lowest BCUT2D eigenvalue weighted by Crippen LogP contribution is -2.39. The third kappa shape index (κ3) is 5.03. The fourth-order valence-electron chi connectivity index (χ4n) is 3.73. The highest BCUT2D eigenvalue weighted by Crippen LogP contribution is 2.37. The molecule has 1 amide bonds. The van der Waals surface area contributed by atoms with Crippen molar-refractivity contribution in [3.63, 3.8) is 0 Å². The zero-order valence-corrected chi connectivity index (χ0v) is 18.4. The van der Waals surface area contributed by atoms with Crippen molar-refractivity contribution in [3.8, 4) is 5.75 Å². The van der Waals surface area contributed by atoms with Crippen molar-refractivity contribution in [2.75, 3.05) is 0 Å². The standard InChI is InChI=1S/C23H22ClNO2S2/c24-18-11-9-16(10-12-18)15-27-20-8-4-5-17(13-20)14-21-22(26)25(23(28)29-21)19-6-2-1-3-7-19/h4-5,8-14,19H,1-3,6-7,15H2/b21-14-. The minimum Gasteiger partial charge on any atom is -0.489 e. The molecule has 0 spiro atoms. The average molecular weight is 444 g/mol. The van der Waals surface area contributed by atoms with Gasteiger partial charge in [-0.15, -0.1) is 0 Å². The number of hydrogen-bond acceptors (Lipinski definition) is 4. The number of carbonyl (C=O) groups is 1. The monoisotopic (exact) mass is 443 g/mol. The molecule has 0 N–H and O–H groups in total. The smallest absolute Gasteiger partial charge is 0.266 e. The molecule has 2 fully saturated rings. The summed E-state index contributed by atoms with van der Waals surface area (Å²) in [7, 11) is 0. The van der Waals surface area contributed by atoms with Crippen molar-refractivity contribution in [2.45, 2.75) is 44.8 Å². The third-order valence-electron chi connectivity index (χ3n) is 5.24. The van der Waals surface area contributed by atoms with Crippen LogP contribution in [0.3, 0.4) is 0 Å². The minimum absolute atomic E-state index is 0.0411. The van der Waals surface area contributed by atoms with Crippen LogP contribution in [-0.4, -0.2) is 21.2 Å². The van der Waals surface area contributed by atoms with Crippen molar-refractivity contribution in [3.05, 3.63) is 69.6 Å². The largest absolute Gasteiger partial charge is 0.489 e. The van der Waals surface area contributed by atoms with Crippen LogP contribution in [0, 0.1) is 0 Å². The fourth-order valence-corrected chi connectivity index (χ4v) is 5.25. The first-order valence-electron chi connectivity index (χ1n) is 9.84. The number of thiocarbonyl (C=S) groups is 1. The summed E-state index contributed by atoms with van der Waals surface area (Å²) in [5.41, 5.74) is 1.98. The number of benzene rings is 2. The second-order valence-corrected chi connectivity index (χ2v) is 9.44. The van der Waals surface area contributed by atoms with E-state index in [-0.39, 0.29) is 11.9 Å². The molecule has 2 aliphatic rings. The van der Waals surface area contributed by atoms with Gasteiger partial charge in [0.05, 0.1) is 4.91 Å². The van der Waals surface area contributed by atoms with Crippen LogP contribution in [0.1, 0.15) is 43.2 Å². The van der Waals surface area contributed by atoms with Gasteiger partial charge >= 0.3 is 0 Å². The van der Waals surface area contributed by atoms with E-state index in [0.29, 0.717) is 20.9 Å². The molecule has 4 rings (SSSR count). The fraction of sp³-hybridized carbons (Fsp3) is 0.304. The SMILES string of the molecule is O=C1/C(=C/c2cccc(OCc3ccc(Cl)cc3)c2)SC(=S)N1C1CCCCC1. The van der Waals surface area contributed by atoms with Gasteiger partial charge in [0.2, 0.25) is 0 Å². The summed E-state index contributed by atoms with van der Waals surface area (Å²) in [4.78, 5) is 15.5. The molecule has 0 aromatic heterocycles. The Labute approximate surface area is 186 Å². The van der Waals surface area contributed by atoms with Crippen molar-refractivity contribution in [1.82, 2.24) is 4.90 Å². The normalized spacial score (nSPS) is 19.2. The molecule has 0 atom stereocenters. The lowest BCUT2D eigenvalue weighted by molar-refractivity contribution is -0.124. The van der Waals surface area contributed by atoms with E-state index >= 15 is 0 Å². The van der Waals surface area contributed by atoms with Gasteiger partial charge < -0.3 is 4.74 Å². The molecule has 1 aliphatic heterocycles. The van der Waals surface area contributed by atoms with Crippen molar-refractivity contribution < 1.29 is 9.53 Å². The molecule has 0 unspecified atom stereocenters. The lowest BCUT2D eigenvalue weighted by Gasteiger charge is -2.29. The lowest BCUT2D eigenvalue weighted by atomic mass is 9.94. The quantitative estimate of drug-likeness (QED) is 0.392. The van der Waals surface area contributed by atoms with E-state index in [2.05, 4.69) is 0 Å². The maximum atomic E-state index is 12.9. The molecule has 0 bridgehead atoms. The van der Waals surface area contributed by atoms with Crippen molar-refractivity contribution >= 4 is 51.9 Å². The molecule has 3 nitrogen and oxygen atoms in total. The van der Waals surface area contributed by atoms with Gasteiger partial charge in [0.1, 0.15) is 16.7 Å². The highest BCUT2D eigenvalue weighted by atomic mass is 35.5. The first-order valence-corrected chi connectivity index (χ1v) is 11.4. The Kier molecular flexibility index (Phi) is 6.58. The topological polar surface area (TPSA) is 29.5 Å².